The number of rotatable bonds is 3. The first-order valence-electron chi connectivity index (χ1n) is 8.41. The Morgan fingerprint density at radius 1 is 1.17 bits per heavy atom. The monoisotopic (exact) mass is 320 g/mol. The maximum atomic E-state index is 10.9. The van der Waals surface area contributed by atoms with Gasteiger partial charge in [-0.25, -0.2) is 9.78 Å². The second-order valence-electron chi connectivity index (χ2n) is 6.96. The van der Waals surface area contributed by atoms with Crippen LogP contribution in [0.1, 0.15) is 76.5 Å². The lowest BCUT2D eigenvalue weighted by Crippen LogP contribution is -2.02. The van der Waals surface area contributed by atoms with Gasteiger partial charge in [-0.2, -0.15) is 0 Å². The number of benzene rings is 1. The zero-order valence-corrected chi connectivity index (χ0v) is 13.9. The summed E-state index contributed by atoms with van der Waals surface area (Å²) in [7, 11) is 0. The fraction of sp³-hybridized carbons (Fsp3) is 0.350. The number of carboxylic acids is 1. The lowest BCUT2D eigenvalue weighted by molar-refractivity contribution is 0.0690. The van der Waals surface area contributed by atoms with Crippen LogP contribution >= 0.6 is 0 Å². The third kappa shape index (κ3) is 2.42. The third-order valence-corrected chi connectivity index (χ3v) is 5.42. The van der Waals surface area contributed by atoms with Crippen LogP contribution in [0.2, 0.25) is 0 Å². The minimum Gasteiger partial charge on any atom is -0.476 e. The number of fused-ring (bicyclic) bond motifs is 5. The molecular formula is C20H20N2O2. The first-order chi connectivity index (χ1) is 11.5. The number of aromatic carboxylic acids is 1. The smallest absolute Gasteiger partial charge is 0.356 e. The molecule has 1 heterocycles. The molecule has 1 N–H and O–H groups in total. The van der Waals surface area contributed by atoms with E-state index in [1.54, 1.807) is 5.56 Å². The zero-order valence-electron chi connectivity index (χ0n) is 13.9. The van der Waals surface area contributed by atoms with E-state index in [9.17, 15) is 4.79 Å². The Balaban J connectivity index is 1.68. The summed E-state index contributed by atoms with van der Waals surface area (Å²) in [5, 5.41) is 8.90. The number of carbonyl (C=O) groups is 1. The van der Waals surface area contributed by atoms with E-state index < -0.39 is 5.97 Å². The van der Waals surface area contributed by atoms with Crippen LogP contribution in [-0.4, -0.2) is 21.0 Å². The summed E-state index contributed by atoms with van der Waals surface area (Å²) in [6, 6.07) is 4.73. The van der Waals surface area contributed by atoms with Gasteiger partial charge in [0.1, 0.15) is 0 Å². The summed E-state index contributed by atoms with van der Waals surface area (Å²) in [6.45, 7) is 4.24. The van der Waals surface area contributed by atoms with Crippen LogP contribution in [0.25, 0.3) is 11.6 Å². The SMILES string of the molecule is C/C(=C\c1cnc(C(=O)O)cn1)c1cc2c(cc1C)C1CCC2C1. The summed E-state index contributed by atoms with van der Waals surface area (Å²) < 4.78 is 0. The topological polar surface area (TPSA) is 63.1 Å². The normalized spacial score (nSPS) is 21.8. The average Bonchev–Trinajstić information content (AvgIpc) is 3.16. The number of aromatic nitrogens is 2. The molecular weight excluding hydrogens is 300 g/mol. The number of allylic oxidation sites excluding steroid dienone is 1. The van der Waals surface area contributed by atoms with Crippen molar-refractivity contribution in [1.82, 2.24) is 9.97 Å². The van der Waals surface area contributed by atoms with Gasteiger partial charge in [0.05, 0.1) is 18.1 Å². The highest BCUT2D eigenvalue weighted by Gasteiger charge is 2.37. The molecule has 2 atom stereocenters. The third-order valence-electron chi connectivity index (χ3n) is 5.42. The van der Waals surface area contributed by atoms with E-state index in [0.717, 1.165) is 17.4 Å². The fourth-order valence-corrected chi connectivity index (χ4v) is 4.25. The number of carboxylic acid groups (broad SMARTS) is 1. The Morgan fingerprint density at radius 2 is 1.88 bits per heavy atom. The van der Waals surface area contributed by atoms with Crippen molar-refractivity contribution in [2.24, 2.45) is 0 Å². The van der Waals surface area contributed by atoms with Crippen molar-refractivity contribution in [1.29, 1.82) is 0 Å². The number of nitrogens with zero attached hydrogens (tertiary/aromatic N) is 2. The molecule has 0 amide bonds. The molecule has 24 heavy (non-hydrogen) atoms. The lowest BCUT2D eigenvalue weighted by Gasteiger charge is -2.18. The highest BCUT2D eigenvalue weighted by atomic mass is 16.4. The van der Waals surface area contributed by atoms with Crippen molar-refractivity contribution in [2.75, 3.05) is 0 Å². The van der Waals surface area contributed by atoms with Crippen LogP contribution < -0.4 is 0 Å². The number of aryl methyl sites for hydroxylation is 1. The van der Waals surface area contributed by atoms with Crippen molar-refractivity contribution in [3.8, 4) is 0 Å². The predicted octanol–water partition coefficient (Wildman–Crippen LogP) is 4.41. The van der Waals surface area contributed by atoms with Crippen molar-refractivity contribution in [2.45, 2.75) is 44.9 Å². The van der Waals surface area contributed by atoms with Gasteiger partial charge in [-0.1, -0.05) is 12.1 Å². The van der Waals surface area contributed by atoms with Crippen LogP contribution in [0.3, 0.4) is 0 Å². The van der Waals surface area contributed by atoms with Gasteiger partial charge in [-0.3, -0.25) is 4.98 Å². The Hall–Kier alpha value is -2.49. The second-order valence-corrected chi connectivity index (χ2v) is 6.96. The molecule has 0 saturated heterocycles. The van der Waals surface area contributed by atoms with Crippen LogP contribution in [0.5, 0.6) is 0 Å². The molecule has 4 nitrogen and oxygen atoms in total. The zero-order chi connectivity index (χ0) is 16.8. The standard InChI is InChI=1S/C20H20N2O2/c1-11(5-15-9-22-19(10-21-15)20(23)24)16-8-18-14-4-3-13(7-14)17(18)6-12(16)2/h5-6,8-10,13-14H,3-4,7H2,1-2H3,(H,23,24)/b11-5+. The molecule has 122 valence electrons. The van der Waals surface area contributed by atoms with Gasteiger partial charge in [0.2, 0.25) is 0 Å². The molecule has 2 aliphatic rings. The maximum Gasteiger partial charge on any atom is 0.356 e. The van der Waals surface area contributed by atoms with Crippen LogP contribution in [0.15, 0.2) is 24.5 Å². The molecule has 4 rings (SSSR count). The van der Waals surface area contributed by atoms with E-state index in [2.05, 4.69) is 35.9 Å². The first kappa shape index (κ1) is 15.1. The predicted molar refractivity (Wildman–Crippen MR) is 93.0 cm³/mol. The highest BCUT2D eigenvalue weighted by Crippen LogP contribution is 2.53. The minimum absolute atomic E-state index is 0.0328. The Kier molecular flexibility index (Phi) is 3.48. The summed E-state index contributed by atoms with van der Waals surface area (Å²) >= 11 is 0. The van der Waals surface area contributed by atoms with Crippen molar-refractivity contribution >= 4 is 17.6 Å². The van der Waals surface area contributed by atoms with E-state index in [-0.39, 0.29) is 5.69 Å². The van der Waals surface area contributed by atoms with Crippen molar-refractivity contribution in [3.63, 3.8) is 0 Å². The quantitative estimate of drug-likeness (QED) is 0.910. The van der Waals surface area contributed by atoms with E-state index in [0.29, 0.717) is 5.69 Å². The highest BCUT2D eigenvalue weighted by molar-refractivity contribution is 5.85. The minimum atomic E-state index is -1.06. The molecule has 1 aromatic carbocycles. The lowest BCUT2D eigenvalue weighted by atomic mass is 9.87. The van der Waals surface area contributed by atoms with Crippen molar-refractivity contribution < 1.29 is 9.90 Å². The molecule has 2 aliphatic carbocycles. The molecule has 0 radical (unpaired) electrons. The van der Waals surface area contributed by atoms with E-state index >= 15 is 0 Å². The molecule has 1 aromatic heterocycles. The van der Waals surface area contributed by atoms with Gasteiger partial charge in [0.25, 0.3) is 0 Å². The van der Waals surface area contributed by atoms with Gasteiger partial charge in [-0.05, 0) is 78.8 Å². The van der Waals surface area contributed by atoms with Gasteiger partial charge in [0.15, 0.2) is 5.69 Å². The summed E-state index contributed by atoms with van der Waals surface area (Å²) in [6.07, 6.45) is 8.78. The van der Waals surface area contributed by atoms with Gasteiger partial charge in [-0.15, -0.1) is 0 Å². The van der Waals surface area contributed by atoms with Crippen molar-refractivity contribution in [3.05, 3.63) is 58.2 Å². The number of hydrogen-bond acceptors (Lipinski definition) is 3. The summed E-state index contributed by atoms with van der Waals surface area (Å²) in [5.74, 6) is 0.461. The second kappa shape index (κ2) is 5.55. The average molecular weight is 320 g/mol. The first-order valence-corrected chi connectivity index (χ1v) is 8.41. The Labute approximate surface area is 141 Å². The van der Waals surface area contributed by atoms with Crippen LogP contribution in [0, 0.1) is 6.92 Å². The molecule has 0 aliphatic heterocycles. The maximum absolute atomic E-state index is 10.9. The fourth-order valence-electron chi connectivity index (χ4n) is 4.25. The van der Waals surface area contributed by atoms with E-state index in [4.69, 9.17) is 5.11 Å². The summed E-state index contributed by atoms with van der Waals surface area (Å²) in [4.78, 5) is 19.0. The van der Waals surface area contributed by atoms with Gasteiger partial charge < -0.3 is 5.11 Å². The molecule has 2 bridgehead atoms. The molecule has 2 aromatic rings. The molecule has 1 saturated carbocycles. The largest absolute Gasteiger partial charge is 0.476 e. The van der Waals surface area contributed by atoms with Crippen LogP contribution in [-0.2, 0) is 0 Å². The molecule has 2 unspecified atom stereocenters. The Morgan fingerprint density at radius 3 is 2.50 bits per heavy atom. The van der Waals surface area contributed by atoms with Gasteiger partial charge >= 0.3 is 5.97 Å². The van der Waals surface area contributed by atoms with E-state index in [1.165, 1.54) is 48.3 Å². The number of hydrogen-bond donors (Lipinski definition) is 1. The Bertz CT molecular complexity index is 853. The molecule has 0 spiro atoms. The van der Waals surface area contributed by atoms with E-state index in [1.807, 2.05) is 6.08 Å². The molecule has 4 heteroatoms. The van der Waals surface area contributed by atoms with Crippen LogP contribution in [0.4, 0.5) is 0 Å². The summed E-state index contributed by atoms with van der Waals surface area (Å²) in [5.41, 5.74) is 7.43. The molecule has 1 fully saturated rings. The van der Waals surface area contributed by atoms with Gasteiger partial charge in [0, 0.05) is 0 Å².